The van der Waals surface area contributed by atoms with E-state index in [0.717, 1.165) is 16.5 Å². The zero-order chi connectivity index (χ0) is 15.2. The molecule has 0 saturated carbocycles. The van der Waals surface area contributed by atoms with Crippen molar-refractivity contribution in [3.63, 3.8) is 0 Å². The highest BCUT2D eigenvalue weighted by atomic mass is 16.5. The molecule has 0 aliphatic heterocycles. The largest absolute Gasteiger partial charge is 0.497 e. The van der Waals surface area contributed by atoms with E-state index in [1.807, 2.05) is 36.4 Å². The van der Waals surface area contributed by atoms with Crippen LogP contribution in [0, 0.1) is 0 Å². The van der Waals surface area contributed by atoms with Crippen molar-refractivity contribution < 1.29 is 14.3 Å². The lowest BCUT2D eigenvalue weighted by atomic mass is 10.1. The second kappa shape index (κ2) is 6.79. The normalized spacial score (nSPS) is 11.7. The lowest BCUT2D eigenvalue weighted by Gasteiger charge is -2.14. The molecule has 0 heterocycles. The lowest BCUT2D eigenvalue weighted by Crippen LogP contribution is -2.36. The maximum atomic E-state index is 11.8. The maximum absolute atomic E-state index is 11.8. The first-order chi connectivity index (χ1) is 10.1. The number of hydrogen-bond donors (Lipinski definition) is 1. The second-order valence-corrected chi connectivity index (χ2v) is 4.67. The molecule has 2 aromatic carbocycles. The van der Waals surface area contributed by atoms with Gasteiger partial charge in [0, 0.05) is 6.54 Å². The van der Waals surface area contributed by atoms with E-state index in [0.29, 0.717) is 12.3 Å². The first-order valence-electron chi connectivity index (χ1n) is 6.77. The molecule has 0 fully saturated rings. The summed E-state index contributed by atoms with van der Waals surface area (Å²) in [7, 11) is 1.63. The summed E-state index contributed by atoms with van der Waals surface area (Å²) in [5.74, 6) is 1.27. The van der Waals surface area contributed by atoms with E-state index in [2.05, 4.69) is 11.9 Å². The summed E-state index contributed by atoms with van der Waals surface area (Å²) in [6.45, 7) is 5.71. The van der Waals surface area contributed by atoms with Crippen LogP contribution >= 0.6 is 0 Å². The third kappa shape index (κ3) is 3.75. The number of carbonyl (C=O) groups excluding carboxylic acids is 1. The van der Waals surface area contributed by atoms with Crippen LogP contribution in [0.25, 0.3) is 10.8 Å². The Morgan fingerprint density at radius 2 is 1.90 bits per heavy atom. The van der Waals surface area contributed by atoms with Gasteiger partial charge in [0.1, 0.15) is 11.5 Å². The minimum atomic E-state index is -0.562. The minimum absolute atomic E-state index is 0.166. The minimum Gasteiger partial charge on any atom is -0.497 e. The van der Waals surface area contributed by atoms with Crippen LogP contribution in [0.15, 0.2) is 49.1 Å². The van der Waals surface area contributed by atoms with Crippen LogP contribution in [0.3, 0.4) is 0 Å². The van der Waals surface area contributed by atoms with E-state index in [1.165, 1.54) is 0 Å². The van der Waals surface area contributed by atoms with Crippen LogP contribution in [0.5, 0.6) is 11.5 Å². The van der Waals surface area contributed by atoms with Gasteiger partial charge in [-0.1, -0.05) is 18.2 Å². The summed E-state index contributed by atoms with van der Waals surface area (Å²) in [5.41, 5.74) is 0. The number of nitrogens with one attached hydrogen (secondary N) is 1. The first-order valence-corrected chi connectivity index (χ1v) is 6.77. The van der Waals surface area contributed by atoms with Crippen molar-refractivity contribution in [2.45, 2.75) is 13.0 Å². The Bertz CT molecular complexity index is 652. The number of hydrogen-bond acceptors (Lipinski definition) is 3. The molecule has 0 saturated heterocycles. The zero-order valence-electron chi connectivity index (χ0n) is 12.3. The van der Waals surface area contributed by atoms with Crippen LogP contribution in [0.1, 0.15) is 6.92 Å². The average Bonchev–Trinajstić information content (AvgIpc) is 2.51. The van der Waals surface area contributed by atoms with E-state index in [9.17, 15) is 4.79 Å². The number of benzene rings is 2. The lowest BCUT2D eigenvalue weighted by molar-refractivity contribution is -0.127. The fourth-order valence-electron chi connectivity index (χ4n) is 1.98. The monoisotopic (exact) mass is 285 g/mol. The van der Waals surface area contributed by atoms with Crippen LogP contribution < -0.4 is 14.8 Å². The average molecular weight is 285 g/mol. The Balaban J connectivity index is 2.14. The summed E-state index contributed by atoms with van der Waals surface area (Å²) in [4.78, 5) is 11.8. The van der Waals surface area contributed by atoms with Crippen molar-refractivity contribution in [1.82, 2.24) is 5.32 Å². The summed E-state index contributed by atoms with van der Waals surface area (Å²) in [5, 5.41) is 4.80. The molecule has 2 rings (SSSR count). The summed E-state index contributed by atoms with van der Waals surface area (Å²) < 4.78 is 10.9. The number of amides is 1. The van der Waals surface area contributed by atoms with E-state index in [4.69, 9.17) is 9.47 Å². The Morgan fingerprint density at radius 1 is 1.24 bits per heavy atom. The van der Waals surface area contributed by atoms with E-state index in [1.54, 1.807) is 20.1 Å². The smallest absolute Gasteiger partial charge is 0.261 e. The predicted octanol–water partition coefficient (Wildman–Crippen LogP) is 2.92. The first kappa shape index (κ1) is 14.9. The molecule has 2 aromatic rings. The highest BCUT2D eigenvalue weighted by Crippen LogP contribution is 2.25. The van der Waals surface area contributed by atoms with Crippen molar-refractivity contribution in [2.24, 2.45) is 0 Å². The third-order valence-electron chi connectivity index (χ3n) is 3.12. The Kier molecular flexibility index (Phi) is 4.82. The Hall–Kier alpha value is -2.49. The number of rotatable bonds is 6. The molecular weight excluding hydrogens is 266 g/mol. The SMILES string of the molecule is C=CCNC(=O)C(C)Oc1ccc2ccc(OC)cc2c1. The zero-order valence-corrected chi connectivity index (χ0v) is 12.3. The van der Waals surface area contributed by atoms with Gasteiger partial charge in [-0.25, -0.2) is 0 Å². The standard InChI is InChI=1S/C17H19NO3/c1-4-9-18-17(19)12(2)21-16-8-6-13-5-7-15(20-3)10-14(13)11-16/h4-8,10-12H,1,9H2,2-3H3,(H,18,19). The predicted molar refractivity (Wildman–Crippen MR) is 83.8 cm³/mol. The molecule has 0 aromatic heterocycles. The topological polar surface area (TPSA) is 47.6 Å². The molecule has 4 heteroatoms. The van der Waals surface area contributed by atoms with E-state index >= 15 is 0 Å². The molecule has 0 spiro atoms. The van der Waals surface area contributed by atoms with Crippen LogP contribution in [0.4, 0.5) is 0 Å². The van der Waals surface area contributed by atoms with Gasteiger partial charge in [-0.15, -0.1) is 6.58 Å². The van der Waals surface area contributed by atoms with Crippen LogP contribution in [-0.4, -0.2) is 25.7 Å². The third-order valence-corrected chi connectivity index (χ3v) is 3.12. The molecule has 1 atom stereocenters. The fraction of sp³-hybridized carbons (Fsp3) is 0.235. The quantitative estimate of drug-likeness (QED) is 0.830. The van der Waals surface area contributed by atoms with Crippen molar-refractivity contribution in [1.29, 1.82) is 0 Å². The van der Waals surface area contributed by atoms with Crippen molar-refractivity contribution in [3.05, 3.63) is 49.1 Å². The van der Waals surface area contributed by atoms with Crippen LogP contribution in [-0.2, 0) is 4.79 Å². The molecule has 1 unspecified atom stereocenters. The van der Waals surface area contributed by atoms with Gasteiger partial charge in [-0.2, -0.15) is 0 Å². The molecule has 110 valence electrons. The highest BCUT2D eigenvalue weighted by molar-refractivity contribution is 5.85. The molecule has 0 radical (unpaired) electrons. The van der Waals surface area contributed by atoms with Crippen LogP contribution in [0.2, 0.25) is 0 Å². The van der Waals surface area contributed by atoms with Gasteiger partial charge in [0.15, 0.2) is 6.10 Å². The Labute approximate surface area is 124 Å². The van der Waals surface area contributed by atoms with Gasteiger partial charge in [-0.05, 0) is 42.0 Å². The number of ether oxygens (including phenoxy) is 2. The molecular formula is C17H19NO3. The van der Waals surface area contributed by atoms with Gasteiger partial charge in [-0.3, -0.25) is 4.79 Å². The van der Waals surface area contributed by atoms with Gasteiger partial charge >= 0.3 is 0 Å². The summed E-state index contributed by atoms with van der Waals surface area (Å²) >= 11 is 0. The number of fused-ring (bicyclic) bond motifs is 1. The number of methoxy groups -OCH3 is 1. The van der Waals surface area contributed by atoms with Crippen molar-refractivity contribution in [2.75, 3.05) is 13.7 Å². The molecule has 0 bridgehead atoms. The summed E-state index contributed by atoms with van der Waals surface area (Å²) in [6, 6.07) is 11.5. The fourth-order valence-corrected chi connectivity index (χ4v) is 1.98. The summed E-state index contributed by atoms with van der Waals surface area (Å²) in [6.07, 6.45) is 1.07. The van der Waals surface area contributed by atoms with Gasteiger partial charge in [0.2, 0.25) is 0 Å². The molecule has 0 aliphatic carbocycles. The van der Waals surface area contributed by atoms with Gasteiger partial charge in [0.05, 0.1) is 7.11 Å². The molecule has 21 heavy (non-hydrogen) atoms. The van der Waals surface area contributed by atoms with E-state index in [-0.39, 0.29) is 5.91 Å². The molecule has 1 amide bonds. The second-order valence-electron chi connectivity index (χ2n) is 4.67. The number of carbonyl (C=O) groups is 1. The maximum Gasteiger partial charge on any atom is 0.261 e. The van der Waals surface area contributed by atoms with Gasteiger partial charge in [0.25, 0.3) is 5.91 Å². The van der Waals surface area contributed by atoms with E-state index < -0.39 is 6.10 Å². The Morgan fingerprint density at radius 3 is 2.57 bits per heavy atom. The highest BCUT2D eigenvalue weighted by Gasteiger charge is 2.13. The van der Waals surface area contributed by atoms with Crippen molar-refractivity contribution in [3.8, 4) is 11.5 Å². The molecule has 0 aliphatic rings. The molecule has 1 N–H and O–H groups in total. The van der Waals surface area contributed by atoms with Crippen molar-refractivity contribution >= 4 is 16.7 Å². The van der Waals surface area contributed by atoms with Gasteiger partial charge < -0.3 is 14.8 Å². The molecule has 4 nitrogen and oxygen atoms in total.